The van der Waals surface area contributed by atoms with E-state index in [2.05, 4.69) is 5.32 Å². The van der Waals surface area contributed by atoms with Gasteiger partial charge in [0.15, 0.2) is 0 Å². The molecule has 0 heterocycles. The van der Waals surface area contributed by atoms with Crippen LogP contribution in [-0.4, -0.2) is 17.8 Å². The van der Waals surface area contributed by atoms with Gasteiger partial charge in [0.25, 0.3) is 0 Å². The smallest absolute Gasteiger partial charge is 0.127 e. The summed E-state index contributed by atoms with van der Waals surface area (Å²) in [6.07, 6.45) is 0.664. The maximum Gasteiger partial charge on any atom is 0.127 e. The van der Waals surface area contributed by atoms with E-state index in [1.54, 1.807) is 0 Å². The van der Waals surface area contributed by atoms with E-state index in [9.17, 15) is 9.50 Å². The lowest BCUT2D eigenvalue weighted by Crippen LogP contribution is -2.34. The highest BCUT2D eigenvalue weighted by atomic mass is 19.1. The number of rotatable bonds is 6. The van der Waals surface area contributed by atoms with Crippen molar-refractivity contribution >= 4 is 0 Å². The summed E-state index contributed by atoms with van der Waals surface area (Å²) in [4.78, 5) is 0. The Labute approximate surface area is 123 Å². The van der Waals surface area contributed by atoms with Crippen LogP contribution in [-0.2, 0) is 13.0 Å². The molecule has 0 saturated carbocycles. The average molecular weight is 284 g/mol. The van der Waals surface area contributed by atoms with Crippen molar-refractivity contribution in [1.29, 1.82) is 5.26 Å². The molecule has 0 radical (unpaired) electrons. The summed E-state index contributed by atoms with van der Waals surface area (Å²) >= 11 is 0. The quantitative estimate of drug-likeness (QED) is 0.856. The van der Waals surface area contributed by atoms with E-state index in [-0.39, 0.29) is 25.0 Å². The van der Waals surface area contributed by atoms with Gasteiger partial charge in [0.05, 0.1) is 18.2 Å². The van der Waals surface area contributed by atoms with E-state index in [0.29, 0.717) is 17.5 Å². The summed E-state index contributed by atoms with van der Waals surface area (Å²) in [6, 6.07) is 15.9. The first-order valence-electron chi connectivity index (χ1n) is 6.79. The van der Waals surface area contributed by atoms with Crippen molar-refractivity contribution in [3.8, 4) is 6.07 Å². The molecule has 0 aromatic heterocycles. The SMILES string of the molecule is N#Cc1ccc(F)c(CNC(CO)Cc2ccccc2)c1. The Balaban J connectivity index is 1.99. The fraction of sp³-hybridized carbons (Fsp3) is 0.235. The molecule has 21 heavy (non-hydrogen) atoms. The molecule has 0 fully saturated rings. The van der Waals surface area contributed by atoms with Crippen molar-refractivity contribution in [2.45, 2.75) is 19.0 Å². The standard InChI is InChI=1S/C17H17FN2O/c18-17-7-6-14(10-19)8-15(17)11-20-16(12-21)9-13-4-2-1-3-5-13/h1-8,16,20-21H,9,11-12H2. The number of nitriles is 1. The second-order valence-electron chi connectivity index (χ2n) is 4.87. The molecule has 108 valence electrons. The van der Waals surface area contributed by atoms with Crippen molar-refractivity contribution in [1.82, 2.24) is 5.32 Å². The zero-order chi connectivity index (χ0) is 15.1. The minimum Gasteiger partial charge on any atom is -0.395 e. The monoisotopic (exact) mass is 284 g/mol. The highest BCUT2D eigenvalue weighted by Crippen LogP contribution is 2.11. The van der Waals surface area contributed by atoms with Crippen molar-refractivity contribution in [3.63, 3.8) is 0 Å². The van der Waals surface area contributed by atoms with Crippen molar-refractivity contribution in [3.05, 3.63) is 71.0 Å². The minimum atomic E-state index is -0.349. The molecule has 2 rings (SSSR count). The van der Waals surface area contributed by atoms with Gasteiger partial charge in [-0.2, -0.15) is 5.26 Å². The second kappa shape index (κ2) is 7.53. The van der Waals surface area contributed by atoms with Crippen molar-refractivity contribution in [2.75, 3.05) is 6.61 Å². The first-order chi connectivity index (χ1) is 10.2. The number of hydrogen-bond acceptors (Lipinski definition) is 3. The van der Waals surface area contributed by atoms with Gasteiger partial charge < -0.3 is 10.4 Å². The Hall–Kier alpha value is -2.22. The summed E-state index contributed by atoms with van der Waals surface area (Å²) in [7, 11) is 0. The second-order valence-corrected chi connectivity index (χ2v) is 4.87. The summed E-state index contributed by atoms with van der Waals surface area (Å²) in [6.45, 7) is 0.244. The predicted octanol–water partition coefficient (Wildman–Crippen LogP) is 2.39. The highest BCUT2D eigenvalue weighted by molar-refractivity contribution is 5.33. The maximum atomic E-state index is 13.7. The van der Waals surface area contributed by atoms with Crippen LogP contribution in [0, 0.1) is 17.1 Å². The molecular formula is C17H17FN2O. The van der Waals surface area contributed by atoms with Crippen LogP contribution in [0.4, 0.5) is 4.39 Å². The molecule has 1 atom stereocenters. The fourth-order valence-electron chi connectivity index (χ4n) is 2.13. The molecule has 2 aromatic carbocycles. The first kappa shape index (κ1) is 15.2. The van der Waals surface area contributed by atoms with E-state index in [1.165, 1.54) is 18.2 Å². The molecule has 0 spiro atoms. The van der Waals surface area contributed by atoms with Gasteiger partial charge in [0.1, 0.15) is 5.82 Å². The van der Waals surface area contributed by atoms with Gasteiger partial charge in [-0.25, -0.2) is 4.39 Å². The Morgan fingerprint density at radius 2 is 1.95 bits per heavy atom. The third kappa shape index (κ3) is 4.38. The number of aliphatic hydroxyl groups excluding tert-OH is 1. The van der Waals surface area contributed by atoms with Crippen LogP contribution in [0.25, 0.3) is 0 Å². The van der Waals surface area contributed by atoms with E-state index < -0.39 is 0 Å². The van der Waals surface area contributed by atoms with Crippen molar-refractivity contribution in [2.24, 2.45) is 0 Å². The maximum absolute atomic E-state index is 13.7. The van der Waals surface area contributed by atoms with Crippen LogP contribution in [0.1, 0.15) is 16.7 Å². The summed E-state index contributed by atoms with van der Waals surface area (Å²) in [5, 5.41) is 21.4. The molecule has 4 heteroatoms. The zero-order valence-electron chi connectivity index (χ0n) is 11.6. The number of hydrogen-bond donors (Lipinski definition) is 2. The Morgan fingerprint density at radius 3 is 2.62 bits per heavy atom. The van der Waals surface area contributed by atoms with Crippen LogP contribution in [0.5, 0.6) is 0 Å². The molecule has 2 N–H and O–H groups in total. The number of aliphatic hydroxyl groups is 1. The number of benzene rings is 2. The van der Waals surface area contributed by atoms with Gasteiger partial charge in [-0.05, 0) is 30.2 Å². The predicted molar refractivity (Wildman–Crippen MR) is 79.0 cm³/mol. The van der Waals surface area contributed by atoms with Gasteiger partial charge >= 0.3 is 0 Å². The van der Waals surface area contributed by atoms with E-state index in [0.717, 1.165) is 5.56 Å². The molecular weight excluding hydrogens is 267 g/mol. The lowest BCUT2D eigenvalue weighted by atomic mass is 10.1. The minimum absolute atomic E-state index is 0.0333. The largest absolute Gasteiger partial charge is 0.395 e. The van der Waals surface area contributed by atoms with Crippen LogP contribution >= 0.6 is 0 Å². The van der Waals surface area contributed by atoms with Gasteiger partial charge in [-0.15, -0.1) is 0 Å². The van der Waals surface area contributed by atoms with E-state index in [4.69, 9.17) is 5.26 Å². The molecule has 0 saturated heterocycles. The van der Waals surface area contributed by atoms with E-state index >= 15 is 0 Å². The molecule has 3 nitrogen and oxygen atoms in total. The summed E-state index contributed by atoms with van der Waals surface area (Å²) in [5.74, 6) is -0.349. The lowest BCUT2D eigenvalue weighted by molar-refractivity contribution is 0.240. The lowest BCUT2D eigenvalue weighted by Gasteiger charge is -2.16. The molecule has 0 amide bonds. The van der Waals surface area contributed by atoms with Gasteiger partial charge in [0.2, 0.25) is 0 Å². The first-order valence-corrected chi connectivity index (χ1v) is 6.79. The van der Waals surface area contributed by atoms with Gasteiger partial charge in [-0.3, -0.25) is 0 Å². The molecule has 1 unspecified atom stereocenters. The van der Waals surface area contributed by atoms with Crippen LogP contribution < -0.4 is 5.32 Å². The Morgan fingerprint density at radius 1 is 1.19 bits per heavy atom. The molecule has 0 bridgehead atoms. The third-order valence-electron chi connectivity index (χ3n) is 3.30. The van der Waals surface area contributed by atoms with Crippen LogP contribution in [0.15, 0.2) is 48.5 Å². The van der Waals surface area contributed by atoms with Gasteiger partial charge in [-0.1, -0.05) is 30.3 Å². The zero-order valence-corrected chi connectivity index (χ0v) is 11.6. The van der Waals surface area contributed by atoms with Gasteiger partial charge in [0, 0.05) is 18.2 Å². The van der Waals surface area contributed by atoms with Crippen LogP contribution in [0.2, 0.25) is 0 Å². The number of nitrogens with zero attached hydrogens (tertiary/aromatic N) is 1. The number of nitrogens with one attached hydrogen (secondary N) is 1. The number of halogens is 1. The topological polar surface area (TPSA) is 56.0 Å². The molecule has 2 aromatic rings. The normalized spacial score (nSPS) is 11.9. The molecule has 0 aliphatic carbocycles. The van der Waals surface area contributed by atoms with E-state index in [1.807, 2.05) is 36.4 Å². The Bertz CT molecular complexity index is 622. The highest BCUT2D eigenvalue weighted by Gasteiger charge is 2.10. The fourth-order valence-corrected chi connectivity index (χ4v) is 2.13. The molecule has 0 aliphatic heterocycles. The third-order valence-corrected chi connectivity index (χ3v) is 3.30. The average Bonchev–Trinajstić information content (AvgIpc) is 2.53. The van der Waals surface area contributed by atoms with Crippen molar-refractivity contribution < 1.29 is 9.50 Å². The summed E-state index contributed by atoms with van der Waals surface area (Å²) in [5.41, 5.74) is 1.97. The Kier molecular flexibility index (Phi) is 5.44. The summed E-state index contributed by atoms with van der Waals surface area (Å²) < 4.78 is 13.7. The molecule has 0 aliphatic rings. The van der Waals surface area contributed by atoms with Crippen LogP contribution in [0.3, 0.4) is 0 Å².